The quantitative estimate of drug-likeness (QED) is 0.836. The molecule has 0 aliphatic carbocycles. The first-order valence-corrected chi connectivity index (χ1v) is 5.89. The molecule has 5 nitrogen and oxygen atoms in total. The Morgan fingerprint density at radius 1 is 1.50 bits per heavy atom. The van der Waals surface area contributed by atoms with Gasteiger partial charge in [0.1, 0.15) is 11.8 Å². The van der Waals surface area contributed by atoms with Crippen LogP contribution in [0.4, 0.5) is 0 Å². The number of para-hydroxylation sites is 1. The Balaban J connectivity index is 1.89. The maximum atomic E-state index is 12.0. The first kappa shape index (κ1) is 12.4. The summed E-state index contributed by atoms with van der Waals surface area (Å²) in [6.07, 6.45) is 0. The Hall–Kier alpha value is -2.06. The molecule has 1 amide bonds. The zero-order valence-corrected chi connectivity index (χ0v) is 10.0. The molecule has 1 heterocycles. The van der Waals surface area contributed by atoms with Gasteiger partial charge in [0, 0.05) is 19.6 Å². The highest BCUT2D eigenvalue weighted by molar-refractivity contribution is 5.78. The van der Waals surface area contributed by atoms with Crippen molar-refractivity contribution in [1.82, 2.24) is 10.2 Å². The van der Waals surface area contributed by atoms with Crippen LogP contribution in [0.15, 0.2) is 30.3 Å². The van der Waals surface area contributed by atoms with Crippen LogP contribution >= 0.6 is 0 Å². The van der Waals surface area contributed by atoms with Crippen LogP contribution in [-0.4, -0.2) is 43.1 Å². The summed E-state index contributed by atoms with van der Waals surface area (Å²) in [5.74, 6) is 0.515. The van der Waals surface area contributed by atoms with Crippen molar-refractivity contribution in [2.24, 2.45) is 0 Å². The van der Waals surface area contributed by atoms with Crippen LogP contribution in [0.1, 0.15) is 0 Å². The molecule has 1 N–H and O–H groups in total. The van der Waals surface area contributed by atoms with Gasteiger partial charge in [0.15, 0.2) is 6.61 Å². The molecule has 2 rings (SSSR count). The minimum atomic E-state index is -0.398. The van der Waals surface area contributed by atoms with Gasteiger partial charge in [0.2, 0.25) is 0 Å². The van der Waals surface area contributed by atoms with Gasteiger partial charge in [0.25, 0.3) is 5.91 Å². The van der Waals surface area contributed by atoms with E-state index in [4.69, 9.17) is 10.00 Å². The Morgan fingerprint density at radius 2 is 2.28 bits per heavy atom. The average Bonchev–Trinajstić information content (AvgIpc) is 2.45. The Morgan fingerprint density at radius 3 is 3.00 bits per heavy atom. The Labute approximate surface area is 106 Å². The number of carbonyl (C=O) groups excluding carboxylic acids is 1. The van der Waals surface area contributed by atoms with Crippen molar-refractivity contribution in [3.8, 4) is 11.8 Å². The van der Waals surface area contributed by atoms with Crippen molar-refractivity contribution in [3.05, 3.63) is 30.3 Å². The number of rotatable bonds is 3. The molecule has 0 aromatic heterocycles. The predicted octanol–water partition coefficient (Wildman–Crippen LogP) is 0.389. The molecule has 1 aromatic rings. The van der Waals surface area contributed by atoms with Crippen LogP contribution in [0, 0.1) is 11.3 Å². The molecule has 1 fully saturated rings. The zero-order chi connectivity index (χ0) is 12.8. The molecule has 0 saturated carbocycles. The number of ether oxygens (including phenoxy) is 1. The highest BCUT2D eigenvalue weighted by atomic mass is 16.5. The predicted molar refractivity (Wildman–Crippen MR) is 65.9 cm³/mol. The number of nitrogens with one attached hydrogen (secondary N) is 1. The smallest absolute Gasteiger partial charge is 0.261 e. The number of nitriles is 1. The standard InChI is InChI=1S/C13H15N3O2/c14-8-11-9-15-6-7-16(11)13(17)10-18-12-4-2-1-3-5-12/h1-5,11,15H,6-7,9-10H2. The van der Waals surface area contributed by atoms with E-state index in [1.807, 2.05) is 18.2 Å². The lowest BCUT2D eigenvalue weighted by molar-refractivity contribution is -0.135. The average molecular weight is 245 g/mol. The molecule has 0 radical (unpaired) electrons. The van der Waals surface area contributed by atoms with Gasteiger partial charge >= 0.3 is 0 Å². The van der Waals surface area contributed by atoms with E-state index in [1.165, 1.54) is 0 Å². The van der Waals surface area contributed by atoms with E-state index in [9.17, 15) is 4.79 Å². The highest BCUT2D eigenvalue weighted by Gasteiger charge is 2.26. The number of hydrogen-bond donors (Lipinski definition) is 1. The monoisotopic (exact) mass is 245 g/mol. The SMILES string of the molecule is N#CC1CNCCN1C(=O)COc1ccccc1. The molecular weight excluding hydrogens is 230 g/mol. The van der Waals surface area contributed by atoms with Gasteiger partial charge in [0.05, 0.1) is 6.07 Å². The van der Waals surface area contributed by atoms with Crippen LogP contribution in [-0.2, 0) is 4.79 Å². The maximum Gasteiger partial charge on any atom is 0.261 e. The van der Waals surface area contributed by atoms with E-state index in [0.29, 0.717) is 18.8 Å². The van der Waals surface area contributed by atoms with E-state index < -0.39 is 6.04 Å². The molecule has 5 heteroatoms. The summed E-state index contributed by atoms with van der Waals surface area (Å²) in [5.41, 5.74) is 0. The molecule has 1 aliphatic rings. The highest BCUT2D eigenvalue weighted by Crippen LogP contribution is 2.09. The molecule has 1 aromatic carbocycles. The summed E-state index contributed by atoms with van der Waals surface area (Å²) in [4.78, 5) is 13.5. The molecule has 1 saturated heterocycles. The van der Waals surface area contributed by atoms with E-state index >= 15 is 0 Å². The number of carbonyl (C=O) groups is 1. The minimum absolute atomic E-state index is 0.0256. The van der Waals surface area contributed by atoms with Crippen molar-refractivity contribution >= 4 is 5.91 Å². The second kappa shape index (κ2) is 6.03. The molecule has 1 aliphatic heterocycles. The van der Waals surface area contributed by atoms with Crippen LogP contribution in [0.3, 0.4) is 0 Å². The Kier molecular flexibility index (Phi) is 4.15. The fourth-order valence-electron chi connectivity index (χ4n) is 1.86. The summed E-state index contributed by atoms with van der Waals surface area (Å²) in [7, 11) is 0. The fourth-order valence-corrected chi connectivity index (χ4v) is 1.86. The zero-order valence-electron chi connectivity index (χ0n) is 10.0. The third-order valence-corrected chi connectivity index (χ3v) is 2.82. The second-order valence-corrected chi connectivity index (χ2v) is 4.04. The van der Waals surface area contributed by atoms with Gasteiger partial charge in [-0.25, -0.2) is 0 Å². The third-order valence-electron chi connectivity index (χ3n) is 2.82. The van der Waals surface area contributed by atoms with E-state index in [0.717, 1.165) is 6.54 Å². The van der Waals surface area contributed by atoms with E-state index in [2.05, 4.69) is 11.4 Å². The van der Waals surface area contributed by atoms with Crippen LogP contribution in [0.5, 0.6) is 5.75 Å². The van der Waals surface area contributed by atoms with E-state index in [-0.39, 0.29) is 12.5 Å². The summed E-state index contributed by atoms with van der Waals surface area (Å²) < 4.78 is 5.39. The van der Waals surface area contributed by atoms with Crippen LogP contribution < -0.4 is 10.1 Å². The van der Waals surface area contributed by atoms with Gasteiger partial charge in [-0.05, 0) is 12.1 Å². The van der Waals surface area contributed by atoms with Crippen molar-refractivity contribution < 1.29 is 9.53 Å². The molecular formula is C13H15N3O2. The lowest BCUT2D eigenvalue weighted by Crippen LogP contribution is -2.54. The Bertz CT molecular complexity index is 441. The molecule has 0 bridgehead atoms. The largest absolute Gasteiger partial charge is 0.484 e. The molecule has 94 valence electrons. The van der Waals surface area contributed by atoms with Gasteiger partial charge in [-0.2, -0.15) is 5.26 Å². The molecule has 1 unspecified atom stereocenters. The molecule has 18 heavy (non-hydrogen) atoms. The lowest BCUT2D eigenvalue weighted by Gasteiger charge is -2.31. The van der Waals surface area contributed by atoms with Crippen molar-refractivity contribution in [1.29, 1.82) is 5.26 Å². The molecule has 1 atom stereocenters. The molecule has 0 spiro atoms. The second-order valence-electron chi connectivity index (χ2n) is 4.04. The third kappa shape index (κ3) is 2.99. The van der Waals surface area contributed by atoms with E-state index in [1.54, 1.807) is 17.0 Å². The number of hydrogen-bond acceptors (Lipinski definition) is 4. The topological polar surface area (TPSA) is 65.4 Å². The van der Waals surface area contributed by atoms with Crippen molar-refractivity contribution in [2.75, 3.05) is 26.2 Å². The van der Waals surface area contributed by atoms with Crippen LogP contribution in [0.2, 0.25) is 0 Å². The summed E-state index contributed by atoms with van der Waals surface area (Å²) >= 11 is 0. The van der Waals surface area contributed by atoms with Crippen molar-refractivity contribution in [2.45, 2.75) is 6.04 Å². The number of nitrogens with zero attached hydrogens (tertiary/aromatic N) is 2. The first-order valence-electron chi connectivity index (χ1n) is 5.89. The number of piperazine rings is 1. The normalized spacial score (nSPS) is 19.1. The lowest BCUT2D eigenvalue weighted by atomic mass is 10.2. The van der Waals surface area contributed by atoms with Gasteiger partial charge < -0.3 is 15.0 Å². The van der Waals surface area contributed by atoms with Gasteiger partial charge in [-0.1, -0.05) is 18.2 Å². The van der Waals surface area contributed by atoms with Crippen LogP contribution in [0.25, 0.3) is 0 Å². The van der Waals surface area contributed by atoms with Gasteiger partial charge in [-0.3, -0.25) is 4.79 Å². The first-order chi connectivity index (χ1) is 8.81. The fraction of sp³-hybridized carbons (Fsp3) is 0.385. The maximum absolute atomic E-state index is 12.0. The van der Waals surface area contributed by atoms with Gasteiger partial charge in [-0.15, -0.1) is 0 Å². The minimum Gasteiger partial charge on any atom is -0.484 e. The summed E-state index contributed by atoms with van der Waals surface area (Å²) in [6, 6.07) is 10.9. The number of benzene rings is 1. The summed E-state index contributed by atoms with van der Waals surface area (Å²) in [6.45, 7) is 1.76. The van der Waals surface area contributed by atoms with Crippen molar-refractivity contribution in [3.63, 3.8) is 0 Å². The number of amides is 1. The summed E-state index contributed by atoms with van der Waals surface area (Å²) in [5, 5.41) is 12.1.